The van der Waals surface area contributed by atoms with E-state index in [0.717, 1.165) is 19.3 Å². The van der Waals surface area contributed by atoms with Crippen molar-refractivity contribution in [1.29, 1.82) is 0 Å². The van der Waals surface area contributed by atoms with Crippen molar-refractivity contribution in [3.8, 4) is 0 Å². The largest absolute Gasteiger partial charge is 0.394 e. The first-order valence-corrected chi connectivity index (χ1v) is 21.2. The van der Waals surface area contributed by atoms with Gasteiger partial charge in [0.2, 0.25) is 5.91 Å². The van der Waals surface area contributed by atoms with Gasteiger partial charge >= 0.3 is 0 Å². The van der Waals surface area contributed by atoms with E-state index in [4.69, 9.17) is 10.2 Å². The summed E-state index contributed by atoms with van der Waals surface area (Å²) in [6.45, 7) is 3.62. The SMILES string of the molecule is C[C@H](CCC(=O)N(CCNC(=O)[C@H](O)[C@H](O)[C@@H](O)[C@H](O)CO)CCNC(=O)[C@H](O)[C@H](O)[C@H](O)[C@H](O)CO)[C@H]1CC[C@H]2[C@@H]3[C@H](O)C[C@@H]4C[C@H](O)CC[C@]4(C)[C@H]3C[C@H](O)[C@]12C. The van der Waals surface area contributed by atoms with Crippen molar-refractivity contribution in [3.05, 3.63) is 0 Å². The van der Waals surface area contributed by atoms with E-state index in [1.54, 1.807) is 0 Å². The van der Waals surface area contributed by atoms with Gasteiger partial charge in [-0.1, -0.05) is 20.8 Å². The summed E-state index contributed by atoms with van der Waals surface area (Å²) in [6, 6.07) is 0. The third-order valence-electron chi connectivity index (χ3n) is 15.1. The van der Waals surface area contributed by atoms with Crippen molar-refractivity contribution in [2.45, 2.75) is 146 Å². The van der Waals surface area contributed by atoms with E-state index in [2.05, 4.69) is 24.5 Å². The van der Waals surface area contributed by atoms with Crippen LogP contribution >= 0.6 is 0 Å². The van der Waals surface area contributed by atoms with Crippen LogP contribution in [0.15, 0.2) is 0 Å². The number of rotatable bonds is 20. The molecule has 0 unspecified atom stereocenters. The molecule has 0 heterocycles. The van der Waals surface area contributed by atoms with E-state index in [9.17, 15) is 70.6 Å². The van der Waals surface area contributed by atoms with Crippen molar-refractivity contribution in [2.24, 2.45) is 46.3 Å². The molecule has 4 fully saturated rings. The topological polar surface area (TPSA) is 342 Å². The van der Waals surface area contributed by atoms with E-state index in [1.165, 1.54) is 4.90 Å². The number of aliphatic hydroxyl groups excluding tert-OH is 13. The molecule has 0 bridgehead atoms. The Labute approximate surface area is 345 Å². The van der Waals surface area contributed by atoms with Gasteiger partial charge in [-0.15, -0.1) is 0 Å². The molecule has 15 N–H and O–H groups in total. The van der Waals surface area contributed by atoms with Crippen molar-refractivity contribution >= 4 is 17.7 Å². The lowest BCUT2D eigenvalue weighted by Gasteiger charge is -2.63. The van der Waals surface area contributed by atoms with Gasteiger partial charge in [0, 0.05) is 32.6 Å². The second-order valence-electron chi connectivity index (χ2n) is 18.4. The second-order valence-corrected chi connectivity index (χ2v) is 18.4. The van der Waals surface area contributed by atoms with E-state index < -0.39 is 97.4 Å². The molecular formula is C40H71N3O16. The lowest BCUT2D eigenvalue weighted by molar-refractivity contribution is -0.207. The maximum atomic E-state index is 13.8. The Bertz CT molecular complexity index is 1350. The third kappa shape index (κ3) is 10.6. The summed E-state index contributed by atoms with van der Waals surface area (Å²) >= 11 is 0. The van der Waals surface area contributed by atoms with E-state index in [0.29, 0.717) is 32.1 Å². The number of amides is 3. The van der Waals surface area contributed by atoms with Crippen LogP contribution in [-0.2, 0) is 14.4 Å². The fourth-order valence-corrected chi connectivity index (χ4v) is 11.4. The van der Waals surface area contributed by atoms with Gasteiger partial charge in [0.25, 0.3) is 11.8 Å². The molecule has 4 saturated carbocycles. The first kappa shape index (κ1) is 49.5. The summed E-state index contributed by atoms with van der Waals surface area (Å²) in [5.41, 5.74) is -0.582. The summed E-state index contributed by atoms with van der Waals surface area (Å²) in [6.07, 6.45) is -12.5. The van der Waals surface area contributed by atoms with Gasteiger partial charge in [-0.05, 0) is 97.7 Å². The highest BCUT2D eigenvalue weighted by Crippen LogP contribution is 2.68. The molecule has 19 heteroatoms. The van der Waals surface area contributed by atoms with Crippen LogP contribution in [0.4, 0.5) is 0 Å². The standard InChI is InChI=1S/C40H71N3O16/c1-19(22-5-6-23-30-24(16-28(50)40(22,23)3)39(2)9-8-21(46)14-20(39)15-25(30)47)4-7-29(51)43(12-10-41-37(58)35(56)33(54)31(52)26(48)17-44)13-11-42-38(59)36(57)34(55)32(53)27(49)18-45/h19-28,30-36,44-50,52-57H,4-18H2,1-3H3,(H,41,58)(H,42,59)/t19-,20+,21-,22-,23+,24+,25-,26-,27-,28+,30+,31-,32+,33-,34-,35-,36-,39+,40-/m1/s1. The summed E-state index contributed by atoms with van der Waals surface area (Å²) in [5, 5.41) is 136. The number of aliphatic hydroxyl groups is 13. The molecule has 342 valence electrons. The molecule has 0 aromatic heterocycles. The minimum absolute atomic E-state index is 0.0184. The minimum Gasteiger partial charge on any atom is -0.394 e. The molecule has 59 heavy (non-hydrogen) atoms. The lowest BCUT2D eigenvalue weighted by Crippen LogP contribution is -2.62. The number of nitrogens with one attached hydrogen (secondary N) is 2. The monoisotopic (exact) mass is 849 g/mol. The molecule has 19 nitrogen and oxygen atoms in total. The molecule has 4 aliphatic rings. The predicted octanol–water partition coefficient (Wildman–Crippen LogP) is -4.70. The van der Waals surface area contributed by atoms with Gasteiger partial charge in [0.1, 0.15) is 36.6 Å². The number of fused-ring (bicyclic) bond motifs is 5. The summed E-state index contributed by atoms with van der Waals surface area (Å²) < 4.78 is 0. The van der Waals surface area contributed by atoms with Crippen LogP contribution in [0.25, 0.3) is 0 Å². The first-order chi connectivity index (χ1) is 27.6. The zero-order valence-electron chi connectivity index (χ0n) is 34.4. The number of hydrogen-bond donors (Lipinski definition) is 15. The third-order valence-corrected chi connectivity index (χ3v) is 15.1. The van der Waals surface area contributed by atoms with Crippen LogP contribution in [0.5, 0.6) is 0 Å². The quantitative estimate of drug-likeness (QED) is 0.0547. The van der Waals surface area contributed by atoms with Gasteiger partial charge in [-0.2, -0.15) is 0 Å². The summed E-state index contributed by atoms with van der Waals surface area (Å²) in [7, 11) is 0. The Hall–Kier alpha value is -2.11. The molecule has 0 radical (unpaired) electrons. The Balaban J connectivity index is 1.41. The second kappa shape index (κ2) is 20.8. The molecule has 0 aromatic carbocycles. The molecule has 4 rings (SSSR count). The van der Waals surface area contributed by atoms with Gasteiger partial charge < -0.3 is 81.9 Å². The molecule has 0 aromatic rings. The van der Waals surface area contributed by atoms with Gasteiger partial charge in [-0.3, -0.25) is 14.4 Å². The predicted molar refractivity (Wildman–Crippen MR) is 207 cm³/mol. The Morgan fingerprint density at radius 1 is 0.712 bits per heavy atom. The lowest BCUT2D eigenvalue weighted by atomic mass is 9.43. The minimum atomic E-state index is -2.21. The number of carbonyl (C=O) groups excluding carboxylic acids is 3. The highest BCUT2D eigenvalue weighted by atomic mass is 16.4. The zero-order valence-corrected chi connectivity index (χ0v) is 34.4. The molecule has 3 amide bonds. The average Bonchev–Trinajstić information content (AvgIpc) is 3.58. The van der Waals surface area contributed by atoms with E-state index in [-0.39, 0.29) is 79.6 Å². The molecule has 19 atom stereocenters. The van der Waals surface area contributed by atoms with Gasteiger partial charge in [0.05, 0.1) is 31.5 Å². The highest BCUT2D eigenvalue weighted by molar-refractivity contribution is 5.82. The van der Waals surface area contributed by atoms with E-state index in [1.807, 2.05) is 6.92 Å². The number of hydrogen-bond acceptors (Lipinski definition) is 16. The van der Waals surface area contributed by atoms with Crippen LogP contribution in [0.1, 0.15) is 78.6 Å². The summed E-state index contributed by atoms with van der Waals surface area (Å²) in [5.74, 6) is -2.28. The molecule has 0 spiro atoms. The van der Waals surface area contributed by atoms with Gasteiger partial charge in [-0.25, -0.2) is 0 Å². The molecule has 4 aliphatic carbocycles. The maximum absolute atomic E-state index is 13.8. The van der Waals surface area contributed by atoms with Crippen LogP contribution in [-0.4, -0.2) is 196 Å². The summed E-state index contributed by atoms with van der Waals surface area (Å²) in [4.78, 5) is 40.2. The van der Waals surface area contributed by atoms with Crippen molar-refractivity contribution < 1.29 is 80.8 Å². The molecule has 0 saturated heterocycles. The van der Waals surface area contributed by atoms with Crippen molar-refractivity contribution in [1.82, 2.24) is 15.5 Å². The normalized spacial score (nSPS) is 36.3. The van der Waals surface area contributed by atoms with E-state index >= 15 is 0 Å². The Morgan fingerprint density at radius 2 is 1.24 bits per heavy atom. The average molecular weight is 850 g/mol. The maximum Gasteiger partial charge on any atom is 0.251 e. The Morgan fingerprint density at radius 3 is 1.75 bits per heavy atom. The van der Waals surface area contributed by atoms with Crippen LogP contribution in [0.3, 0.4) is 0 Å². The van der Waals surface area contributed by atoms with Crippen molar-refractivity contribution in [3.63, 3.8) is 0 Å². The van der Waals surface area contributed by atoms with Gasteiger partial charge in [0.15, 0.2) is 12.2 Å². The number of nitrogens with zero attached hydrogens (tertiary/aromatic N) is 1. The molecule has 0 aliphatic heterocycles. The van der Waals surface area contributed by atoms with Crippen LogP contribution in [0, 0.1) is 46.3 Å². The zero-order chi connectivity index (χ0) is 44.1. The smallest absolute Gasteiger partial charge is 0.251 e. The fourth-order valence-electron chi connectivity index (χ4n) is 11.4. The van der Waals surface area contributed by atoms with Crippen LogP contribution in [0.2, 0.25) is 0 Å². The Kier molecular flexibility index (Phi) is 17.5. The molecular weight excluding hydrogens is 778 g/mol. The highest BCUT2D eigenvalue weighted by Gasteiger charge is 2.65. The number of carbonyl (C=O) groups is 3. The first-order valence-electron chi connectivity index (χ1n) is 21.2. The van der Waals surface area contributed by atoms with Crippen LogP contribution < -0.4 is 10.6 Å². The van der Waals surface area contributed by atoms with Crippen molar-refractivity contribution in [2.75, 3.05) is 39.4 Å². The fraction of sp³-hybridized carbons (Fsp3) is 0.925.